The molecule has 4 aliphatic heterocycles. The molecule has 1 amide bonds. The highest BCUT2D eigenvalue weighted by atomic mass is 28.3. The quantitative estimate of drug-likeness (QED) is 0.0255. The molecule has 71 heavy (non-hydrogen) atoms. The molecule has 1 spiro atoms. The Morgan fingerprint density at radius 2 is 1.65 bits per heavy atom. The first-order chi connectivity index (χ1) is 33.4. The summed E-state index contributed by atoms with van der Waals surface area (Å²) in [6.07, 6.45) is 4.82. The third-order valence-electron chi connectivity index (χ3n) is 15.7. The average molecular weight is 1000 g/mol. The van der Waals surface area contributed by atoms with E-state index in [-0.39, 0.29) is 113 Å². The van der Waals surface area contributed by atoms with E-state index in [1.807, 2.05) is 17.1 Å². The van der Waals surface area contributed by atoms with Gasteiger partial charge in [0.25, 0.3) is 5.69 Å². The largest absolute Gasteiger partial charge is 0.468 e. The van der Waals surface area contributed by atoms with Crippen molar-refractivity contribution in [2.45, 2.75) is 140 Å². The number of carbonyl (C=O) groups is 1. The standard InChI is InChI=1S/C53H64F4N6O7Si/c1-31(2)71(32(3)4,33(5)6)19-16-38-41(54)15-12-34-20-37(69-30-67-10)21-39(43(34)38)44-42(63(65)66)22-40-46(45(44)55)58-48(68-29-52-17-11-18-61(52)28-51(25-52)26-53(56,57)27-51)59-47(40)60-23-35-13-14-36(24-60)62(35)49(64)70-50(7,8)9/h11-12,15,17,20-22,31-33,35-36H,13-14,18,23-30H2,1-10H3/t35-,36+,52?. The smallest absolute Gasteiger partial charge is 0.410 e. The van der Waals surface area contributed by atoms with Crippen LogP contribution in [0.25, 0.3) is 32.8 Å². The van der Waals surface area contributed by atoms with Crippen molar-refractivity contribution >= 4 is 47.3 Å². The normalized spacial score (nSPS) is 22.4. The van der Waals surface area contributed by atoms with Gasteiger partial charge in [-0.3, -0.25) is 19.9 Å². The van der Waals surface area contributed by atoms with Crippen LogP contribution in [0.4, 0.5) is 33.9 Å². The number of rotatable bonds is 12. The summed E-state index contributed by atoms with van der Waals surface area (Å²) in [5, 5.41) is 14.1. The zero-order valence-electron chi connectivity index (χ0n) is 42.3. The van der Waals surface area contributed by atoms with Crippen LogP contribution in [-0.4, -0.2) is 115 Å². The third kappa shape index (κ3) is 8.98. The van der Waals surface area contributed by atoms with Crippen LogP contribution in [0, 0.1) is 38.6 Å². The van der Waals surface area contributed by atoms with Gasteiger partial charge in [-0.1, -0.05) is 65.7 Å². The maximum atomic E-state index is 18.4. The molecule has 380 valence electrons. The molecule has 13 nitrogen and oxygen atoms in total. The van der Waals surface area contributed by atoms with Gasteiger partial charge in [-0.15, -0.1) is 5.54 Å². The molecule has 5 heterocycles. The van der Waals surface area contributed by atoms with Crippen molar-refractivity contribution in [1.82, 2.24) is 19.8 Å². The lowest BCUT2D eigenvalue weighted by molar-refractivity contribution is -0.384. The predicted octanol–water partition coefficient (Wildman–Crippen LogP) is 11.6. The van der Waals surface area contributed by atoms with E-state index < -0.39 is 64.5 Å². The Morgan fingerprint density at radius 3 is 2.25 bits per heavy atom. The topological polar surface area (TPSA) is 133 Å². The van der Waals surface area contributed by atoms with Crippen molar-refractivity contribution in [3.8, 4) is 34.4 Å². The maximum absolute atomic E-state index is 18.4. The number of fused-ring (bicyclic) bond motifs is 5. The Labute approximate surface area is 413 Å². The van der Waals surface area contributed by atoms with Gasteiger partial charge in [0.2, 0.25) is 5.92 Å². The van der Waals surface area contributed by atoms with Gasteiger partial charge in [0.15, 0.2) is 12.6 Å². The predicted molar refractivity (Wildman–Crippen MR) is 267 cm³/mol. The summed E-state index contributed by atoms with van der Waals surface area (Å²) >= 11 is 0. The number of hydrogen-bond acceptors (Lipinski definition) is 11. The number of halogens is 4. The van der Waals surface area contributed by atoms with Crippen molar-refractivity contribution in [3.05, 3.63) is 69.8 Å². The number of anilines is 1. The number of nitro groups is 1. The minimum absolute atomic E-state index is 0.0244. The third-order valence-corrected chi connectivity index (χ3v) is 22.0. The van der Waals surface area contributed by atoms with E-state index in [0.29, 0.717) is 37.7 Å². The maximum Gasteiger partial charge on any atom is 0.410 e. The van der Waals surface area contributed by atoms with E-state index in [9.17, 15) is 23.7 Å². The fraction of sp³-hybridized carbons (Fsp3) is 0.566. The van der Waals surface area contributed by atoms with Gasteiger partial charge in [0.05, 0.1) is 39.1 Å². The number of methoxy groups -OCH3 is 1. The lowest BCUT2D eigenvalue weighted by atomic mass is 9.63. The van der Waals surface area contributed by atoms with E-state index in [0.717, 1.165) is 0 Å². The second-order valence-electron chi connectivity index (χ2n) is 22.5. The van der Waals surface area contributed by atoms with Crippen LogP contribution >= 0.6 is 0 Å². The van der Waals surface area contributed by atoms with Gasteiger partial charge < -0.3 is 23.8 Å². The number of amides is 1. The van der Waals surface area contributed by atoms with Crippen LogP contribution in [0.15, 0.2) is 42.5 Å². The first-order valence-corrected chi connectivity index (χ1v) is 26.9. The zero-order chi connectivity index (χ0) is 51.2. The van der Waals surface area contributed by atoms with Gasteiger partial charge in [-0.05, 0) is 85.7 Å². The van der Waals surface area contributed by atoms with Gasteiger partial charge in [0, 0.05) is 63.1 Å². The Bertz CT molecular complexity index is 2850. The first-order valence-electron chi connectivity index (χ1n) is 24.7. The van der Waals surface area contributed by atoms with Crippen molar-refractivity contribution in [3.63, 3.8) is 0 Å². The van der Waals surface area contributed by atoms with Gasteiger partial charge >= 0.3 is 12.1 Å². The molecule has 2 bridgehead atoms. The summed E-state index contributed by atoms with van der Waals surface area (Å²) in [7, 11) is -1.04. The molecular formula is C53H64F4N6O7Si. The fourth-order valence-electron chi connectivity index (χ4n) is 13.0. The van der Waals surface area contributed by atoms with Crippen molar-refractivity contribution in [2.75, 3.05) is 51.6 Å². The van der Waals surface area contributed by atoms with Crippen LogP contribution in [0.2, 0.25) is 16.6 Å². The van der Waals surface area contributed by atoms with E-state index in [4.69, 9.17) is 23.9 Å². The molecular weight excluding hydrogens is 937 g/mol. The number of ether oxygens (including phenoxy) is 4. The number of alkyl halides is 2. The molecule has 1 unspecified atom stereocenters. The second kappa shape index (κ2) is 18.2. The summed E-state index contributed by atoms with van der Waals surface area (Å²) in [6.45, 7) is 19.5. The van der Waals surface area contributed by atoms with E-state index in [1.54, 1.807) is 31.7 Å². The highest BCUT2D eigenvalue weighted by Gasteiger charge is 2.65. The Kier molecular flexibility index (Phi) is 12.9. The molecule has 3 saturated heterocycles. The highest BCUT2D eigenvalue weighted by Crippen LogP contribution is 2.61. The molecule has 0 N–H and O–H groups in total. The number of nitrogens with zero attached hydrogens (tertiary/aromatic N) is 6. The summed E-state index contributed by atoms with van der Waals surface area (Å²) in [6, 6.07) is 6.27. The summed E-state index contributed by atoms with van der Waals surface area (Å²) in [5.74, 6) is -0.904. The second-order valence-corrected chi connectivity index (χ2v) is 28.1. The number of benzene rings is 3. The van der Waals surface area contributed by atoms with Crippen LogP contribution in [0.3, 0.4) is 0 Å². The minimum Gasteiger partial charge on any atom is -0.468 e. The number of hydrogen-bond donors (Lipinski definition) is 0. The number of aromatic nitrogens is 2. The molecule has 1 aliphatic carbocycles. The van der Waals surface area contributed by atoms with Crippen molar-refractivity contribution in [2.24, 2.45) is 5.41 Å². The molecule has 1 aromatic heterocycles. The van der Waals surface area contributed by atoms with E-state index >= 15 is 8.78 Å². The molecule has 3 aromatic carbocycles. The molecule has 4 fully saturated rings. The molecule has 5 aliphatic rings. The van der Waals surface area contributed by atoms with Gasteiger partial charge in [0.1, 0.15) is 43.2 Å². The van der Waals surface area contributed by atoms with Gasteiger partial charge in [-0.25, -0.2) is 22.4 Å². The number of piperazine rings is 1. The Hall–Kier alpha value is -5.51. The monoisotopic (exact) mass is 1000 g/mol. The average Bonchev–Trinajstić information content (AvgIpc) is 3.89. The van der Waals surface area contributed by atoms with Crippen LogP contribution in [-0.2, 0) is 9.47 Å². The van der Waals surface area contributed by atoms with Crippen molar-refractivity contribution < 1.29 is 46.2 Å². The SMILES string of the molecule is COCOc1cc(-c2c([N+](=O)[O-])cc3c(N4C[C@H]5CC[C@@H](C4)N5C(=O)OC(C)(C)C)nc(OCC45C=CCN4CC4(CC(F)(F)C4)C5)nc3c2F)c2c(C#C[Si](C(C)C)(C(C)C)C(C)C)c(F)ccc2c1. The summed E-state index contributed by atoms with van der Waals surface area (Å²) in [5.41, 5.74) is 0.679. The Balaban J connectivity index is 1.24. The molecule has 0 radical (unpaired) electrons. The Morgan fingerprint density at radius 1 is 0.972 bits per heavy atom. The summed E-state index contributed by atoms with van der Waals surface area (Å²) < 4.78 is 87.1. The van der Waals surface area contributed by atoms with Gasteiger partial charge in [-0.2, -0.15) is 9.97 Å². The highest BCUT2D eigenvalue weighted by molar-refractivity contribution is 6.90. The zero-order valence-corrected chi connectivity index (χ0v) is 43.3. The number of nitro benzene ring substituents is 1. The summed E-state index contributed by atoms with van der Waals surface area (Å²) in [4.78, 5) is 41.7. The molecule has 3 atom stereocenters. The molecule has 1 saturated carbocycles. The number of carbonyl (C=O) groups excluding carboxylic acids is 1. The first kappa shape index (κ1) is 50.4. The molecule has 9 rings (SSSR count). The lowest BCUT2D eigenvalue weighted by Crippen LogP contribution is -2.57. The van der Waals surface area contributed by atoms with E-state index in [2.05, 4.69) is 62.9 Å². The lowest BCUT2D eigenvalue weighted by Gasteiger charge is -2.45. The molecule has 18 heteroatoms. The van der Waals surface area contributed by atoms with Crippen LogP contribution in [0.1, 0.15) is 100.0 Å². The van der Waals surface area contributed by atoms with Crippen molar-refractivity contribution in [1.29, 1.82) is 0 Å². The van der Waals surface area contributed by atoms with Crippen LogP contribution in [0.5, 0.6) is 11.8 Å². The van der Waals surface area contributed by atoms with Crippen LogP contribution < -0.4 is 14.4 Å². The minimum atomic E-state index is -2.73. The molecule has 4 aromatic rings. The fourth-order valence-corrected chi connectivity index (χ4v) is 18.2. The van der Waals surface area contributed by atoms with E-state index in [1.165, 1.54) is 31.4 Å².